The fraction of sp³-hybridized carbons (Fsp3) is 0.385. The zero-order valence-electron chi connectivity index (χ0n) is 9.95. The first kappa shape index (κ1) is 11.2. The topological polar surface area (TPSA) is 71.2 Å². The quantitative estimate of drug-likeness (QED) is 0.834. The average molecular weight is 245 g/mol. The van der Waals surface area contributed by atoms with Gasteiger partial charge in [0.1, 0.15) is 11.6 Å². The Morgan fingerprint density at radius 2 is 2.28 bits per heavy atom. The zero-order valence-corrected chi connectivity index (χ0v) is 9.95. The summed E-state index contributed by atoms with van der Waals surface area (Å²) in [5.74, 6) is 2.06. The highest BCUT2D eigenvalue weighted by molar-refractivity contribution is 5.56. The molecule has 0 amide bonds. The molecule has 1 atom stereocenters. The van der Waals surface area contributed by atoms with E-state index in [-0.39, 0.29) is 12.4 Å². The second-order valence-corrected chi connectivity index (χ2v) is 4.67. The fourth-order valence-electron chi connectivity index (χ4n) is 2.29. The molecule has 0 saturated carbocycles. The van der Waals surface area contributed by atoms with E-state index in [1.165, 1.54) is 0 Å². The Balaban J connectivity index is 1.94. The minimum atomic E-state index is 0.203. The lowest BCUT2D eigenvalue weighted by Crippen LogP contribution is -2.22. The van der Waals surface area contributed by atoms with Crippen molar-refractivity contribution in [1.82, 2.24) is 14.8 Å². The number of hydrogen-bond acceptors (Lipinski definition) is 4. The van der Waals surface area contributed by atoms with Gasteiger partial charge in [-0.15, -0.1) is 0 Å². The summed E-state index contributed by atoms with van der Waals surface area (Å²) in [6.45, 7) is 1.00. The van der Waals surface area contributed by atoms with Gasteiger partial charge in [-0.2, -0.15) is 5.10 Å². The molecule has 0 radical (unpaired) electrons. The normalized spacial score (nSPS) is 18.6. The van der Waals surface area contributed by atoms with Crippen LogP contribution in [0.3, 0.4) is 0 Å². The van der Waals surface area contributed by atoms with Crippen molar-refractivity contribution in [1.29, 1.82) is 0 Å². The Morgan fingerprint density at radius 1 is 1.39 bits per heavy atom. The van der Waals surface area contributed by atoms with E-state index in [4.69, 9.17) is 0 Å². The lowest BCUT2D eigenvalue weighted by molar-refractivity contribution is 0.196. The molecule has 94 valence electrons. The summed E-state index contributed by atoms with van der Waals surface area (Å²) in [5.41, 5.74) is 0.817. The number of benzene rings is 1. The van der Waals surface area contributed by atoms with Gasteiger partial charge in [-0.05, 0) is 24.5 Å². The van der Waals surface area contributed by atoms with Crippen LogP contribution in [0.25, 0.3) is 11.4 Å². The van der Waals surface area contributed by atoms with Crippen molar-refractivity contribution in [2.45, 2.75) is 19.4 Å². The summed E-state index contributed by atoms with van der Waals surface area (Å²) in [5, 5.41) is 23.1. The van der Waals surface area contributed by atoms with Gasteiger partial charge in [0.2, 0.25) is 0 Å². The molecule has 0 fully saturated rings. The predicted molar refractivity (Wildman–Crippen MR) is 66.0 cm³/mol. The molecule has 0 aliphatic carbocycles. The van der Waals surface area contributed by atoms with E-state index in [2.05, 4.69) is 10.1 Å². The minimum absolute atomic E-state index is 0.203. The first-order valence-corrected chi connectivity index (χ1v) is 6.10. The summed E-state index contributed by atoms with van der Waals surface area (Å²) in [6, 6.07) is 6.94. The molecule has 1 aromatic heterocycles. The molecule has 2 N–H and O–H groups in total. The van der Waals surface area contributed by atoms with Gasteiger partial charge in [-0.1, -0.05) is 12.1 Å². The number of aliphatic hydroxyl groups excluding tert-OH is 1. The third kappa shape index (κ3) is 1.97. The predicted octanol–water partition coefficient (Wildman–Crippen LogP) is 1.21. The second kappa shape index (κ2) is 4.42. The van der Waals surface area contributed by atoms with Crippen LogP contribution in [0.2, 0.25) is 0 Å². The molecule has 0 spiro atoms. The Kier molecular flexibility index (Phi) is 2.76. The van der Waals surface area contributed by atoms with E-state index in [0.29, 0.717) is 11.7 Å². The molecule has 2 aromatic rings. The monoisotopic (exact) mass is 245 g/mol. The van der Waals surface area contributed by atoms with E-state index in [9.17, 15) is 10.2 Å². The molecular formula is C13H15N3O2. The minimum Gasteiger partial charge on any atom is -0.508 e. The van der Waals surface area contributed by atoms with Crippen LogP contribution in [-0.4, -0.2) is 31.6 Å². The number of phenolic OH excluding ortho intramolecular Hbond substituents is 1. The number of hydrogen-bond donors (Lipinski definition) is 2. The largest absolute Gasteiger partial charge is 0.508 e. The first-order chi connectivity index (χ1) is 8.76. The molecule has 18 heavy (non-hydrogen) atoms. The lowest BCUT2D eigenvalue weighted by atomic mass is 9.99. The van der Waals surface area contributed by atoms with Crippen LogP contribution in [0.1, 0.15) is 12.2 Å². The molecular weight excluding hydrogens is 230 g/mol. The number of phenols is 1. The van der Waals surface area contributed by atoms with Gasteiger partial charge >= 0.3 is 0 Å². The number of aromatic hydroxyl groups is 1. The maximum atomic E-state index is 9.46. The summed E-state index contributed by atoms with van der Waals surface area (Å²) in [4.78, 5) is 4.49. The molecule has 0 saturated heterocycles. The van der Waals surface area contributed by atoms with Gasteiger partial charge < -0.3 is 10.2 Å². The number of aromatic nitrogens is 3. The van der Waals surface area contributed by atoms with Crippen molar-refractivity contribution < 1.29 is 10.2 Å². The second-order valence-electron chi connectivity index (χ2n) is 4.67. The maximum absolute atomic E-state index is 9.46. The van der Waals surface area contributed by atoms with E-state index < -0.39 is 0 Å². The molecule has 1 aromatic carbocycles. The van der Waals surface area contributed by atoms with Crippen molar-refractivity contribution in [3.8, 4) is 17.1 Å². The molecule has 2 heterocycles. The van der Waals surface area contributed by atoms with Gasteiger partial charge in [0.15, 0.2) is 5.82 Å². The van der Waals surface area contributed by atoms with Crippen LogP contribution in [0.15, 0.2) is 24.3 Å². The van der Waals surface area contributed by atoms with Crippen molar-refractivity contribution in [2.24, 2.45) is 5.92 Å². The van der Waals surface area contributed by atoms with Gasteiger partial charge in [-0.25, -0.2) is 9.67 Å². The third-order valence-corrected chi connectivity index (χ3v) is 3.33. The Labute approximate surface area is 105 Å². The molecule has 1 unspecified atom stereocenters. The van der Waals surface area contributed by atoms with Crippen LogP contribution in [0.4, 0.5) is 0 Å². The number of nitrogens with zero attached hydrogens (tertiary/aromatic N) is 3. The summed E-state index contributed by atoms with van der Waals surface area (Å²) < 4.78 is 1.89. The summed E-state index contributed by atoms with van der Waals surface area (Å²) >= 11 is 0. The SMILES string of the molecule is OCC1CCn2nc(-c3cccc(O)c3)nc2C1. The molecule has 5 heteroatoms. The van der Waals surface area contributed by atoms with Gasteiger partial charge in [-0.3, -0.25) is 0 Å². The van der Waals surface area contributed by atoms with Crippen LogP contribution < -0.4 is 0 Å². The fourth-order valence-corrected chi connectivity index (χ4v) is 2.29. The van der Waals surface area contributed by atoms with Crippen molar-refractivity contribution in [2.75, 3.05) is 6.61 Å². The summed E-state index contributed by atoms with van der Waals surface area (Å²) in [7, 11) is 0. The third-order valence-electron chi connectivity index (χ3n) is 3.33. The highest BCUT2D eigenvalue weighted by atomic mass is 16.3. The highest BCUT2D eigenvalue weighted by Crippen LogP contribution is 2.24. The van der Waals surface area contributed by atoms with Crippen LogP contribution in [0, 0.1) is 5.92 Å². The lowest BCUT2D eigenvalue weighted by Gasteiger charge is -2.19. The van der Waals surface area contributed by atoms with E-state index >= 15 is 0 Å². The van der Waals surface area contributed by atoms with Crippen molar-refractivity contribution in [3.63, 3.8) is 0 Å². The van der Waals surface area contributed by atoms with Gasteiger partial charge in [0.25, 0.3) is 0 Å². The standard InChI is InChI=1S/C13H15N3O2/c17-8-9-4-5-16-12(6-9)14-13(15-16)10-2-1-3-11(18)7-10/h1-3,7,9,17-18H,4-6,8H2. The first-order valence-electron chi connectivity index (χ1n) is 6.10. The van der Waals surface area contributed by atoms with Gasteiger partial charge in [0.05, 0.1) is 0 Å². The molecule has 1 aliphatic rings. The van der Waals surface area contributed by atoms with Crippen LogP contribution >= 0.6 is 0 Å². The van der Waals surface area contributed by atoms with Crippen LogP contribution in [-0.2, 0) is 13.0 Å². The van der Waals surface area contributed by atoms with E-state index in [1.54, 1.807) is 18.2 Å². The zero-order chi connectivity index (χ0) is 12.5. The number of fused-ring (bicyclic) bond motifs is 1. The van der Waals surface area contributed by atoms with E-state index in [0.717, 1.165) is 30.8 Å². The summed E-state index contributed by atoms with van der Waals surface area (Å²) in [6.07, 6.45) is 1.70. The molecule has 5 nitrogen and oxygen atoms in total. The van der Waals surface area contributed by atoms with Crippen molar-refractivity contribution in [3.05, 3.63) is 30.1 Å². The van der Waals surface area contributed by atoms with Gasteiger partial charge in [0, 0.05) is 25.1 Å². The number of aliphatic hydroxyl groups is 1. The molecule has 0 bridgehead atoms. The Bertz CT molecular complexity index is 565. The maximum Gasteiger partial charge on any atom is 0.181 e. The average Bonchev–Trinajstić information content (AvgIpc) is 2.81. The Hall–Kier alpha value is -1.88. The number of rotatable bonds is 2. The van der Waals surface area contributed by atoms with Crippen molar-refractivity contribution >= 4 is 0 Å². The van der Waals surface area contributed by atoms with Crippen LogP contribution in [0.5, 0.6) is 5.75 Å². The molecule has 1 aliphatic heterocycles. The molecule has 3 rings (SSSR count). The highest BCUT2D eigenvalue weighted by Gasteiger charge is 2.21. The number of aryl methyl sites for hydroxylation is 1. The Morgan fingerprint density at radius 3 is 3.06 bits per heavy atom. The van der Waals surface area contributed by atoms with E-state index in [1.807, 2.05) is 10.7 Å². The smallest absolute Gasteiger partial charge is 0.181 e.